The highest BCUT2D eigenvalue weighted by atomic mass is 16.5. The van der Waals surface area contributed by atoms with E-state index in [9.17, 15) is 29.4 Å². The van der Waals surface area contributed by atoms with E-state index < -0.39 is 72.1 Å². The Labute approximate surface area is 284 Å². The number of carbonyl (C=O) groups is 4. The number of nitrogens with one attached hydrogen (secondary N) is 4. The lowest BCUT2D eigenvalue weighted by Crippen LogP contribution is -2.64. The molecule has 16 nitrogen and oxygen atoms in total. The summed E-state index contributed by atoms with van der Waals surface area (Å²) in [5.41, 5.74) is 2.92. The molecule has 4 atom stereocenters. The predicted molar refractivity (Wildman–Crippen MR) is 174 cm³/mol. The Morgan fingerprint density at radius 3 is 1.24 bits per heavy atom. The van der Waals surface area contributed by atoms with Crippen LogP contribution >= 0.6 is 0 Å². The molecule has 1 fully saturated rings. The minimum Gasteiger partial charge on any atom is -0.851 e. The molecule has 3 aliphatic rings. The number of nitrogens with zero attached hydrogens (tertiary/aromatic N) is 2. The molecule has 4 unspecified atom stereocenters. The largest absolute Gasteiger partial charge is 0.851 e. The fourth-order valence-electron chi connectivity index (χ4n) is 7.22. The number of pyridine rings is 2. The second-order valence-electron chi connectivity index (χ2n) is 12.1. The standard InChI is InChI=1S/C34H32N6O10/c1-47-31(43)25-27(33(45)49-3)39-23-13(11-35-15-7-5-9-17(37-25)21(15)23)19-29(41)20(30(19)42)14-12-36-16-8-6-10-18-22(16)24(14)40-28(34(46)50-4)26(38-18)32(44)48-2/h5-12,19-20,25-30,37-40H,1-4H3/q-2. The molecule has 0 radical (unpaired) electrons. The van der Waals surface area contributed by atoms with Gasteiger partial charge in [-0.15, -0.1) is 12.2 Å². The third kappa shape index (κ3) is 4.97. The molecule has 2 aromatic carbocycles. The smallest absolute Gasteiger partial charge is 0.331 e. The number of hydrogen-bond donors (Lipinski definition) is 4. The molecule has 7 rings (SSSR count). The van der Waals surface area contributed by atoms with Crippen molar-refractivity contribution in [2.24, 2.45) is 0 Å². The van der Waals surface area contributed by atoms with E-state index in [4.69, 9.17) is 18.9 Å². The third-order valence-electron chi connectivity index (χ3n) is 9.69. The van der Waals surface area contributed by atoms with Crippen molar-refractivity contribution in [1.82, 2.24) is 9.97 Å². The number of esters is 4. The topological polar surface area (TPSA) is 225 Å². The lowest BCUT2D eigenvalue weighted by Gasteiger charge is -2.62. The molecule has 16 heteroatoms. The van der Waals surface area contributed by atoms with Crippen LogP contribution in [0.25, 0.3) is 21.8 Å². The summed E-state index contributed by atoms with van der Waals surface area (Å²) in [6, 6.07) is 5.22. The van der Waals surface area contributed by atoms with Crippen molar-refractivity contribution in [3.05, 3.63) is 59.9 Å². The van der Waals surface area contributed by atoms with Crippen molar-refractivity contribution in [2.75, 3.05) is 49.7 Å². The summed E-state index contributed by atoms with van der Waals surface area (Å²) in [7, 11) is 4.74. The number of methoxy groups -OCH3 is 4. The van der Waals surface area contributed by atoms with E-state index in [1.54, 1.807) is 36.4 Å². The van der Waals surface area contributed by atoms with E-state index >= 15 is 0 Å². The van der Waals surface area contributed by atoms with Crippen LogP contribution < -0.4 is 31.5 Å². The first-order valence-corrected chi connectivity index (χ1v) is 15.7. The fourth-order valence-corrected chi connectivity index (χ4v) is 7.22. The van der Waals surface area contributed by atoms with Crippen LogP contribution in [0.15, 0.2) is 48.8 Å². The van der Waals surface area contributed by atoms with Gasteiger partial charge in [0.15, 0.2) is 24.2 Å². The van der Waals surface area contributed by atoms with Crippen molar-refractivity contribution in [1.29, 1.82) is 0 Å². The van der Waals surface area contributed by atoms with Crippen molar-refractivity contribution < 1.29 is 48.3 Å². The summed E-state index contributed by atoms with van der Waals surface area (Å²) in [5.74, 6) is -5.34. The van der Waals surface area contributed by atoms with Crippen LogP contribution in [0.5, 0.6) is 0 Å². The highest BCUT2D eigenvalue weighted by Crippen LogP contribution is 2.52. The second-order valence-corrected chi connectivity index (χ2v) is 12.1. The first-order valence-electron chi connectivity index (χ1n) is 15.7. The molecule has 2 aliphatic heterocycles. The maximum absolute atomic E-state index is 14.3. The fraction of sp³-hybridized carbons (Fsp3) is 0.353. The van der Waals surface area contributed by atoms with Gasteiger partial charge in [-0.2, -0.15) is 0 Å². The van der Waals surface area contributed by atoms with Crippen molar-refractivity contribution in [2.45, 2.75) is 48.2 Å². The van der Waals surface area contributed by atoms with Crippen LogP contribution in [-0.4, -0.2) is 98.7 Å². The summed E-state index contributed by atoms with van der Waals surface area (Å²) >= 11 is 0. The normalized spacial score (nSPS) is 26.4. The molecule has 4 N–H and O–H groups in total. The summed E-state index contributed by atoms with van der Waals surface area (Å²) < 4.78 is 19.9. The summed E-state index contributed by atoms with van der Waals surface area (Å²) in [6.45, 7) is 0. The van der Waals surface area contributed by atoms with Gasteiger partial charge < -0.3 is 50.4 Å². The van der Waals surface area contributed by atoms with E-state index in [1.807, 2.05) is 0 Å². The van der Waals surface area contributed by atoms with Gasteiger partial charge in [-0.1, -0.05) is 12.1 Å². The molecule has 0 spiro atoms. The zero-order valence-electron chi connectivity index (χ0n) is 27.2. The Balaban J connectivity index is 1.32. The van der Waals surface area contributed by atoms with Crippen molar-refractivity contribution >= 4 is 68.4 Å². The predicted octanol–water partition coefficient (Wildman–Crippen LogP) is -0.0370. The SMILES string of the molecule is COC(=O)C1Nc2cccc3ncc(C4C([O-])C(c5cnc6cccc7c6c5NC(C(=O)OC)C(C(=O)OC)N7)C4[O-])c(c23)NC1C(=O)OC. The van der Waals surface area contributed by atoms with E-state index in [0.717, 1.165) is 0 Å². The number of ether oxygens (including phenoxy) is 4. The summed E-state index contributed by atoms with van der Waals surface area (Å²) in [6.07, 6.45) is -0.222. The molecular formula is C34H32N6O10-2. The highest BCUT2D eigenvalue weighted by molar-refractivity contribution is 6.08. The molecular weight excluding hydrogens is 652 g/mol. The van der Waals surface area contributed by atoms with Gasteiger partial charge in [0, 0.05) is 34.5 Å². The van der Waals surface area contributed by atoms with Crippen LogP contribution in [0.2, 0.25) is 0 Å². The molecule has 2 aromatic heterocycles. The molecule has 0 saturated heterocycles. The number of aromatic nitrogens is 2. The summed E-state index contributed by atoms with van der Waals surface area (Å²) in [4.78, 5) is 60.8. The van der Waals surface area contributed by atoms with Crippen LogP contribution in [0, 0.1) is 0 Å². The number of anilines is 4. The minimum absolute atomic E-state index is 0.260. The highest BCUT2D eigenvalue weighted by Gasteiger charge is 2.46. The van der Waals surface area contributed by atoms with Gasteiger partial charge in [0.05, 0.1) is 50.8 Å². The second kappa shape index (κ2) is 12.6. The van der Waals surface area contributed by atoms with Gasteiger partial charge in [-0.3, -0.25) is 9.97 Å². The minimum atomic E-state index is -1.54. The Morgan fingerprint density at radius 1 is 0.560 bits per heavy atom. The molecule has 4 heterocycles. The first-order chi connectivity index (χ1) is 24.1. The van der Waals surface area contributed by atoms with Crippen LogP contribution in [0.3, 0.4) is 0 Å². The molecule has 0 bridgehead atoms. The maximum Gasteiger partial charge on any atom is 0.331 e. The van der Waals surface area contributed by atoms with E-state index in [2.05, 4.69) is 31.2 Å². The lowest BCUT2D eigenvalue weighted by atomic mass is 9.63. The number of rotatable bonds is 6. The number of carbonyl (C=O) groups excluding carboxylic acids is 4. The number of benzene rings is 2. The van der Waals surface area contributed by atoms with E-state index in [1.165, 1.54) is 40.8 Å². The molecule has 1 saturated carbocycles. The zero-order valence-corrected chi connectivity index (χ0v) is 27.2. The van der Waals surface area contributed by atoms with Gasteiger partial charge in [0.25, 0.3) is 0 Å². The monoisotopic (exact) mass is 684 g/mol. The molecule has 1 aliphatic carbocycles. The molecule has 50 heavy (non-hydrogen) atoms. The maximum atomic E-state index is 14.3. The van der Waals surface area contributed by atoms with Gasteiger partial charge in [-0.25, -0.2) is 19.2 Å². The molecule has 4 aromatic rings. The molecule has 0 amide bonds. The lowest BCUT2D eigenvalue weighted by molar-refractivity contribution is -0.535. The van der Waals surface area contributed by atoms with Gasteiger partial charge in [-0.05, 0) is 47.2 Å². The first kappa shape index (κ1) is 32.8. The van der Waals surface area contributed by atoms with Crippen molar-refractivity contribution in [3.8, 4) is 0 Å². The Morgan fingerprint density at radius 2 is 0.900 bits per heavy atom. The van der Waals surface area contributed by atoms with E-state index in [-0.39, 0.29) is 22.5 Å². The molecule has 260 valence electrons. The third-order valence-corrected chi connectivity index (χ3v) is 9.69. The van der Waals surface area contributed by atoms with Gasteiger partial charge >= 0.3 is 23.9 Å². The Hall–Kier alpha value is -5.74. The van der Waals surface area contributed by atoms with Crippen molar-refractivity contribution in [3.63, 3.8) is 0 Å². The zero-order chi connectivity index (χ0) is 35.4. The van der Waals surface area contributed by atoms with Crippen LogP contribution in [-0.2, 0) is 38.1 Å². The van der Waals surface area contributed by atoms with Gasteiger partial charge in [0.1, 0.15) is 0 Å². The van der Waals surface area contributed by atoms with Crippen LogP contribution in [0.1, 0.15) is 23.0 Å². The quantitative estimate of drug-likeness (QED) is 0.154. The Kier molecular flexibility index (Phi) is 8.27. The summed E-state index contributed by atoms with van der Waals surface area (Å²) in [5, 5.41) is 41.9. The number of hydrogen-bond acceptors (Lipinski definition) is 16. The average molecular weight is 685 g/mol. The Bertz CT molecular complexity index is 1910. The average Bonchev–Trinajstić information content (AvgIpc) is 3.43. The van der Waals surface area contributed by atoms with Crippen LogP contribution in [0.4, 0.5) is 22.7 Å². The van der Waals surface area contributed by atoms with E-state index in [0.29, 0.717) is 33.2 Å². The van der Waals surface area contributed by atoms with Gasteiger partial charge in [0.2, 0.25) is 0 Å².